The van der Waals surface area contributed by atoms with Crippen LogP contribution in [0.25, 0.3) is 0 Å². The summed E-state index contributed by atoms with van der Waals surface area (Å²) in [4.78, 5) is 11.2. The Balaban J connectivity index is 2.93. The van der Waals surface area contributed by atoms with Crippen molar-refractivity contribution < 1.29 is 13.9 Å². The van der Waals surface area contributed by atoms with Gasteiger partial charge in [-0.3, -0.25) is 4.79 Å². The largest absolute Gasteiger partial charge is 0.466 e. The van der Waals surface area contributed by atoms with Gasteiger partial charge < -0.3 is 4.74 Å². The third kappa shape index (κ3) is 3.02. The van der Waals surface area contributed by atoms with Crippen LogP contribution in [0.5, 0.6) is 0 Å². The van der Waals surface area contributed by atoms with Crippen LogP contribution in [0.15, 0.2) is 16.6 Å². The van der Waals surface area contributed by atoms with Crippen LogP contribution in [0.2, 0.25) is 0 Å². The van der Waals surface area contributed by atoms with Gasteiger partial charge in [0.15, 0.2) is 0 Å². The van der Waals surface area contributed by atoms with E-state index in [0.717, 1.165) is 5.56 Å². The first-order chi connectivity index (χ1) is 7.06. The van der Waals surface area contributed by atoms with Gasteiger partial charge in [0, 0.05) is 10.0 Å². The van der Waals surface area contributed by atoms with Crippen molar-refractivity contribution in [2.75, 3.05) is 6.61 Å². The number of carbonyl (C=O) groups excluding carboxylic acids is 1. The van der Waals surface area contributed by atoms with E-state index in [-0.39, 0.29) is 12.2 Å². The summed E-state index contributed by atoms with van der Waals surface area (Å²) in [6, 6.07) is 3.02. The van der Waals surface area contributed by atoms with Crippen LogP contribution in [0.4, 0.5) is 4.39 Å². The van der Waals surface area contributed by atoms with Gasteiger partial charge in [-0.15, -0.1) is 0 Å². The molecule has 0 spiro atoms. The number of ether oxygens (including phenoxy) is 1. The zero-order chi connectivity index (χ0) is 11.4. The Morgan fingerprint density at radius 3 is 2.80 bits per heavy atom. The van der Waals surface area contributed by atoms with Crippen molar-refractivity contribution in [1.82, 2.24) is 0 Å². The molecule has 0 heterocycles. The highest BCUT2D eigenvalue weighted by molar-refractivity contribution is 9.10. The molecule has 82 valence electrons. The van der Waals surface area contributed by atoms with Gasteiger partial charge in [0.2, 0.25) is 0 Å². The molecule has 0 radical (unpaired) electrons. The maximum absolute atomic E-state index is 13.4. The summed E-state index contributed by atoms with van der Waals surface area (Å²) < 4.78 is 18.8. The lowest BCUT2D eigenvalue weighted by Gasteiger charge is -2.08. The third-order valence-corrected chi connectivity index (χ3v) is 3.11. The lowest BCUT2D eigenvalue weighted by Crippen LogP contribution is -2.09. The summed E-state index contributed by atoms with van der Waals surface area (Å²) in [5.41, 5.74) is 1.25. The molecule has 1 aromatic rings. The smallest absolute Gasteiger partial charge is 0.310 e. The molecule has 0 unspecified atom stereocenters. The molecule has 0 saturated carbocycles. The lowest BCUT2D eigenvalue weighted by molar-refractivity contribution is -0.142. The van der Waals surface area contributed by atoms with E-state index in [1.165, 1.54) is 6.07 Å². The topological polar surface area (TPSA) is 26.3 Å². The van der Waals surface area contributed by atoms with Crippen LogP contribution in [0.1, 0.15) is 18.1 Å². The van der Waals surface area contributed by atoms with Gasteiger partial charge in [0.1, 0.15) is 5.82 Å². The van der Waals surface area contributed by atoms with Gasteiger partial charge in [-0.05, 0) is 25.5 Å². The molecule has 4 heteroatoms. The van der Waals surface area contributed by atoms with Gasteiger partial charge in [-0.1, -0.05) is 22.0 Å². The van der Waals surface area contributed by atoms with Crippen LogP contribution in [0.3, 0.4) is 0 Å². The fourth-order valence-electron chi connectivity index (χ4n) is 1.23. The number of carbonyl (C=O) groups is 1. The number of aryl methyl sites for hydroxylation is 1. The van der Waals surface area contributed by atoms with E-state index in [9.17, 15) is 9.18 Å². The van der Waals surface area contributed by atoms with Crippen LogP contribution >= 0.6 is 15.9 Å². The lowest BCUT2D eigenvalue weighted by atomic mass is 10.1. The molecule has 0 amide bonds. The highest BCUT2D eigenvalue weighted by Crippen LogP contribution is 2.24. The van der Waals surface area contributed by atoms with E-state index < -0.39 is 5.97 Å². The SMILES string of the molecule is CCOC(=O)Cc1c(F)ccc(C)c1Br. The molecular formula is C11H12BrFO2. The molecule has 0 fully saturated rings. The first kappa shape index (κ1) is 12.2. The molecule has 0 aromatic heterocycles. The average molecular weight is 275 g/mol. The van der Waals surface area contributed by atoms with E-state index >= 15 is 0 Å². The maximum atomic E-state index is 13.4. The van der Waals surface area contributed by atoms with Crippen LogP contribution < -0.4 is 0 Å². The molecule has 1 aromatic carbocycles. The Morgan fingerprint density at radius 1 is 1.53 bits per heavy atom. The number of hydrogen-bond donors (Lipinski definition) is 0. The van der Waals surface area contributed by atoms with Crippen molar-refractivity contribution >= 4 is 21.9 Å². The molecule has 0 N–H and O–H groups in total. The second-order valence-corrected chi connectivity index (χ2v) is 3.93. The first-order valence-electron chi connectivity index (χ1n) is 4.65. The molecule has 0 atom stereocenters. The molecule has 0 saturated heterocycles. The number of esters is 1. The van der Waals surface area contributed by atoms with Crippen molar-refractivity contribution in [3.05, 3.63) is 33.5 Å². The molecule has 0 bridgehead atoms. The maximum Gasteiger partial charge on any atom is 0.310 e. The highest BCUT2D eigenvalue weighted by atomic mass is 79.9. The van der Waals surface area contributed by atoms with Crippen LogP contribution in [0, 0.1) is 12.7 Å². The second-order valence-electron chi connectivity index (χ2n) is 3.14. The van der Waals surface area contributed by atoms with E-state index in [4.69, 9.17) is 4.74 Å². The average Bonchev–Trinajstić information content (AvgIpc) is 2.19. The summed E-state index contributed by atoms with van der Waals surface area (Å²) in [6.07, 6.45) is -0.0397. The summed E-state index contributed by atoms with van der Waals surface area (Å²) in [5.74, 6) is -0.803. The van der Waals surface area contributed by atoms with E-state index in [1.54, 1.807) is 13.0 Å². The predicted molar refractivity (Wildman–Crippen MR) is 59.2 cm³/mol. The standard InChI is InChI=1S/C11H12BrFO2/c1-3-15-10(14)6-8-9(13)5-4-7(2)11(8)12/h4-5H,3,6H2,1-2H3. The van der Waals surface area contributed by atoms with Crippen molar-refractivity contribution in [2.45, 2.75) is 20.3 Å². The summed E-state index contributed by atoms with van der Waals surface area (Å²) in [7, 11) is 0. The van der Waals surface area contributed by atoms with Gasteiger partial charge in [-0.2, -0.15) is 0 Å². The van der Waals surface area contributed by atoms with Crippen LogP contribution in [-0.4, -0.2) is 12.6 Å². The normalized spacial score (nSPS) is 10.1. The Hall–Kier alpha value is -0.900. The Kier molecular flexibility index (Phi) is 4.27. The van der Waals surface area contributed by atoms with Gasteiger partial charge in [0.25, 0.3) is 0 Å². The quantitative estimate of drug-likeness (QED) is 0.793. The zero-order valence-corrected chi connectivity index (χ0v) is 10.2. The fourth-order valence-corrected chi connectivity index (χ4v) is 1.69. The summed E-state index contributed by atoms with van der Waals surface area (Å²) in [5, 5.41) is 0. The monoisotopic (exact) mass is 274 g/mol. The van der Waals surface area contributed by atoms with Gasteiger partial charge in [-0.25, -0.2) is 4.39 Å². The van der Waals surface area contributed by atoms with Gasteiger partial charge in [0.05, 0.1) is 13.0 Å². The third-order valence-electron chi connectivity index (χ3n) is 2.01. The second kappa shape index (κ2) is 5.26. The number of rotatable bonds is 3. The molecule has 15 heavy (non-hydrogen) atoms. The Morgan fingerprint density at radius 2 is 2.20 bits per heavy atom. The van der Waals surface area contributed by atoms with Crippen molar-refractivity contribution in [3.63, 3.8) is 0 Å². The van der Waals surface area contributed by atoms with Crippen LogP contribution in [-0.2, 0) is 16.0 Å². The fraction of sp³-hybridized carbons (Fsp3) is 0.364. The molecule has 1 rings (SSSR count). The number of benzene rings is 1. The molecular weight excluding hydrogens is 263 g/mol. The van der Waals surface area contributed by atoms with Crippen molar-refractivity contribution in [1.29, 1.82) is 0 Å². The van der Waals surface area contributed by atoms with Crippen molar-refractivity contribution in [3.8, 4) is 0 Å². The highest BCUT2D eigenvalue weighted by Gasteiger charge is 2.13. The summed E-state index contributed by atoms with van der Waals surface area (Å²) >= 11 is 3.26. The Labute approximate surface area is 96.6 Å². The van der Waals surface area contributed by atoms with E-state index in [0.29, 0.717) is 16.6 Å². The van der Waals surface area contributed by atoms with Crippen molar-refractivity contribution in [2.24, 2.45) is 0 Å². The van der Waals surface area contributed by atoms with E-state index in [1.807, 2.05) is 6.92 Å². The minimum absolute atomic E-state index is 0.0397. The van der Waals surface area contributed by atoms with Gasteiger partial charge >= 0.3 is 5.97 Å². The number of halogens is 2. The predicted octanol–water partition coefficient (Wildman–Crippen LogP) is 3.00. The molecule has 0 aliphatic rings. The van der Waals surface area contributed by atoms with E-state index in [2.05, 4.69) is 15.9 Å². The zero-order valence-electron chi connectivity index (χ0n) is 8.64. The molecule has 0 aliphatic heterocycles. The molecule has 2 nitrogen and oxygen atoms in total. The first-order valence-corrected chi connectivity index (χ1v) is 5.44. The summed E-state index contributed by atoms with van der Waals surface area (Å²) in [6.45, 7) is 3.88. The minimum atomic E-state index is -0.414. The minimum Gasteiger partial charge on any atom is -0.466 e. The number of hydrogen-bond acceptors (Lipinski definition) is 2. The Bertz CT molecular complexity index is 377. The molecule has 0 aliphatic carbocycles.